The Morgan fingerprint density at radius 3 is 3.13 bits per heavy atom. The van der Waals surface area contributed by atoms with Crippen molar-refractivity contribution in [3.63, 3.8) is 0 Å². The Kier molecular flexibility index (Phi) is 2.40. The number of nitrogens with one attached hydrogen (secondary N) is 2. The SMILES string of the molecule is Ic1ccc2[nH]c([C@@H]3CCCN3)nc2c1. The third kappa shape index (κ3) is 1.76. The molecule has 1 aromatic heterocycles. The highest BCUT2D eigenvalue weighted by Crippen LogP contribution is 2.23. The molecule has 3 rings (SSSR count). The van der Waals surface area contributed by atoms with Crippen molar-refractivity contribution in [3.05, 3.63) is 27.6 Å². The Morgan fingerprint density at radius 1 is 1.40 bits per heavy atom. The van der Waals surface area contributed by atoms with Gasteiger partial charge in [-0.1, -0.05) is 0 Å². The van der Waals surface area contributed by atoms with E-state index in [4.69, 9.17) is 0 Å². The maximum absolute atomic E-state index is 4.63. The highest BCUT2D eigenvalue weighted by molar-refractivity contribution is 14.1. The average molecular weight is 313 g/mol. The van der Waals surface area contributed by atoms with E-state index in [0.29, 0.717) is 6.04 Å². The first-order valence-electron chi connectivity index (χ1n) is 5.21. The maximum Gasteiger partial charge on any atom is 0.124 e. The van der Waals surface area contributed by atoms with E-state index in [2.05, 4.69) is 56.1 Å². The summed E-state index contributed by atoms with van der Waals surface area (Å²) >= 11 is 2.32. The second kappa shape index (κ2) is 3.75. The third-order valence-electron chi connectivity index (χ3n) is 2.85. The lowest BCUT2D eigenvalue weighted by molar-refractivity contribution is 0.614. The largest absolute Gasteiger partial charge is 0.341 e. The van der Waals surface area contributed by atoms with Crippen LogP contribution in [-0.2, 0) is 0 Å². The zero-order valence-corrected chi connectivity index (χ0v) is 10.4. The van der Waals surface area contributed by atoms with Gasteiger partial charge in [0.05, 0.1) is 17.1 Å². The molecule has 1 fully saturated rings. The van der Waals surface area contributed by atoms with Gasteiger partial charge in [-0.05, 0) is 60.2 Å². The Balaban J connectivity index is 2.05. The van der Waals surface area contributed by atoms with Crippen LogP contribution in [0.15, 0.2) is 18.2 Å². The molecule has 2 aromatic rings. The Morgan fingerprint density at radius 2 is 2.33 bits per heavy atom. The van der Waals surface area contributed by atoms with Gasteiger partial charge in [-0.15, -0.1) is 0 Å². The fourth-order valence-corrected chi connectivity index (χ4v) is 2.56. The zero-order chi connectivity index (χ0) is 10.3. The highest BCUT2D eigenvalue weighted by Gasteiger charge is 2.19. The standard InChI is InChI=1S/C11H12IN3/c12-7-3-4-8-10(6-7)15-11(14-8)9-2-1-5-13-9/h3-4,6,9,13H,1-2,5H2,(H,14,15)/t9-/m0/s1. The van der Waals surface area contributed by atoms with Crippen LogP contribution in [0.4, 0.5) is 0 Å². The summed E-state index contributed by atoms with van der Waals surface area (Å²) in [5.41, 5.74) is 2.21. The molecule has 2 heterocycles. The number of hydrogen-bond donors (Lipinski definition) is 2. The fraction of sp³-hybridized carbons (Fsp3) is 0.364. The number of rotatable bonds is 1. The van der Waals surface area contributed by atoms with Crippen molar-refractivity contribution >= 4 is 33.6 Å². The number of fused-ring (bicyclic) bond motifs is 1. The van der Waals surface area contributed by atoms with E-state index >= 15 is 0 Å². The van der Waals surface area contributed by atoms with Gasteiger partial charge in [0.2, 0.25) is 0 Å². The van der Waals surface area contributed by atoms with E-state index in [0.717, 1.165) is 23.4 Å². The van der Waals surface area contributed by atoms with Gasteiger partial charge in [0.15, 0.2) is 0 Å². The van der Waals surface area contributed by atoms with Crippen molar-refractivity contribution in [2.75, 3.05) is 6.54 Å². The van der Waals surface area contributed by atoms with Crippen molar-refractivity contribution in [2.24, 2.45) is 0 Å². The van der Waals surface area contributed by atoms with E-state index in [1.807, 2.05) is 0 Å². The summed E-state index contributed by atoms with van der Waals surface area (Å²) in [6.45, 7) is 1.11. The summed E-state index contributed by atoms with van der Waals surface area (Å²) in [7, 11) is 0. The number of benzene rings is 1. The second-order valence-electron chi connectivity index (χ2n) is 3.93. The third-order valence-corrected chi connectivity index (χ3v) is 3.52. The lowest BCUT2D eigenvalue weighted by Crippen LogP contribution is -2.13. The lowest BCUT2D eigenvalue weighted by atomic mass is 10.2. The van der Waals surface area contributed by atoms with Crippen molar-refractivity contribution in [2.45, 2.75) is 18.9 Å². The summed E-state index contributed by atoms with van der Waals surface area (Å²) < 4.78 is 1.23. The van der Waals surface area contributed by atoms with Crippen molar-refractivity contribution in [1.82, 2.24) is 15.3 Å². The number of imidazole rings is 1. The van der Waals surface area contributed by atoms with E-state index in [1.54, 1.807) is 0 Å². The van der Waals surface area contributed by atoms with Crippen LogP contribution in [0.5, 0.6) is 0 Å². The van der Waals surface area contributed by atoms with Crippen molar-refractivity contribution in [3.8, 4) is 0 Å². The number of H-pyrrole nitrogens is 1. The molecule has 0 amide bonds. The van der Waals surface area contributed by atoms with E-state index in [9.17, 15) is 0 Å². The molecule has 0 aliphatic carbocycles. The number of aromatic nitrogens is 2. The summed E-state index contributed by atoms with van der Waals surface area (Å²) in [5.74, 6) is 1.09. The van der Waals surface area contributed by atoms with Crippen LogP contribution in [0.25, 0.3) is 11.0 Å². The van der Waals surface area contributed by atoms with Crippen LogP contribution in [0.1, 0.15) is 24.7 Å². The monoisotopic (exact) mass is 313 g/mol. The Hall–Kier alpha value is -0.620. The first-order chi connectivity index (χ1) is 7.33. The normalized spacial score (nSPS) is 21.3. The van der Waals surface area contributed by atoms with Gasteiger partial charge in [-0.2, -0.15) is 0 Å². The number of aromatic amines is 1. The molecule has 4 heteroatoms. The lowest BCUT2D eigenvalue weighted by Gasteiger charge is -2.04. The van der Waals surface area contributed by atoms with Crippen LogP contribution < -0.4 is 5.32 Å². The van der Waals surface area contributed by atoms with Gasteiger partial charge in [-0.25, -0.2) is 4.98 Å². The summed E-state index contributed by atoms with van der Waals surface area (Å²) in [4.78, 5) is 8.02. The van der Waals surface area contributed by atoms with Crippen LogP contribution in [0, 0.1) is 3.57 Å². The summed E-state index contributed by atoms with van der Waals surface area (Å²) in [5, 5.41) is 3.45. The quantitative estimate of drug-likeness (QED) is 0.795. The van der Waals surface area contributed by atoms with Crippen LogP contribution in [0.3, 0.4) is 0 Å². The predicted octanol–water partition coefficient (Wildman–Crippen LogP) is 2.59. The first kappa shape index (κ1) is 9.59. The molecule has 0 spiro atoms. The summed E-state index contributed by atoms with van der Waals surface area (Å²) in [6.07, 6.45) is 2.44. The zero-order valence-electron chi connectivity index (χ0n) is 8.26. The van der Waals surface area contributed by atoms with Crippen molar-refractivity contribution < 1.29 is 0 Å². The second-order valence-corrected chi connectivity index (χ2v) is 5.18. The Bertz CT molecular complexity index is 486. The maximum atomic E-state index is 4.63. The average Bonchev–Trinajstić information content (AvgIpc) is 2.84. The number of hydrogen-bond acceptors (Lipinski definition) is 2. The molecule has 1 aliphatic rings. The molecule has 3 nitrogen and oxygen atoms in total. The predicted molar refractivity (Wildman–Crippen MR) is 68.8 cm³/mol. The molecule has 78 valence electrons. The summed E-state index contributed by atoms with van der Waals surface area (Å²) in [6, 6.07) is 6.75. The molecule has 1 atom stereocenters. The van der Waals surface area contributed by atoms with Crippen molar-refractivity contribution in [1.29, 1.82) is 0 Å². The molecule has 1 saturated heterocycles. The van der Waals surface area contributed by atoms with Gasteiger partial charge in [-0.3, -0.25) is 0 Å². The van der Waals surface area contributed by atoms with Crippen LogP contribution in [-0.4, -0.2) is 16.5 Å². The molecule has 0 unspecified atom stereocenters. The Labute approximate surface area is 102 Å². The minimum Gasteiger partial charge on any atom is -0.341 e. The number of nitrogens with zero attached hydrogens (tertiary/aromatic N) is 1. The smallest absolute Gasteiger partial charge is 0.124 e. The molecule has 0 radical (unpaired) electrons. The molecular weight excluding hydrogens is 301 g/mol. The topological polar surface area (TPSA) is 40.7 Å². The van der Waals surface area contributed by atoms with Crippen LogP contribution >= 0.6 is 22.6 Å². The van der Waals surface area contributed by atoms with E-state index < -0.39 is 0 Å². The van der Waals surface area contributed by atoms with Crippen LogP contribution in [0.2, 0.25) is 0 Å². The van der Waals surface area contributed by atoms with Gasteiger partial charge in [0, 0.05) is 3.57 Å². The molecule has 2 N–H and O–H groups in total. The highest BCUT2D eigenvalue weighted by atomic mass is 127. The minimum atomic E-state index is 0.426. The van der Waals surface area contributed by atoms with Gasteiger partial charge >= 0.3 is 0 Å². The fourth-order valence-electron chi connectivity index (χ4n) is 2.08. The molecule has 0 bridgehead atoms. The minimum absolute atomic E-state index is 0.426. The van der Waals surface area contributed by atoms with E-state index in [1.165, 1.54) is 16.4 Å². The molecule has 15 heavy (non-hydrogen) atoms. The first-order valence-corrected chi connectivity index (χ1v) is 6.29. The van der Waals surface area contributed by atoms with Gasteiger partial charge in [0.1, 0.15) is 5.82 Å². The van der Waals surface area contributed by atoms with E-state index in [-0.39, 0.29) is 0 Å². The molecule has 1 aliphatic heterocycles. The molecular formula is C11H12IN3. The molecule has 0 saturated carbocycles. The van der Waals surface area contributed by atoms with Gasteiger partial charge < -0.3 is 10.3 Å². The van der Waals surface area contributed by atoms with Gasteiger partial charge in [0.25, 0.3) is 0 Å². The molecule has 1 aromatic carbocycles. The number of halogens is 1.